The maximum absolute atomic E-state index is 10.7. The molecule has 2 rings (SSSR count). The zero-order valence-corrected chi connectivity index (χ0v) is 18.8. The highest BCUT2D eigenvalue weighted by atomic mass is 31.1. The van der Waals surface area contributed by atoms with Crippen LogP contribution in [0.25, 0.3) is 11.1 Å². The Morgan fingerprint density at radius 1 is 0.692 bits per heavy atom. The van der Waals surface area contributed by atoms with Crippen molar-refractivity contribution in [3.05, 3.63) is 48.0 Å². The van der Waals surface area contributed by atoms with E-state index in [2.05, 4.69) is 86.6 Å². The summed E-state index contributed by atoms with van der Waals surface area (Å²) in [7, 11) is -0.469. The summed E-state index contributed by atoms with van der Waals surface area (Å²) in [6.45, 7) is 20.9. The molecular weight excluding hydrogens is 335 g/mol. The van der Waals surface area contributed by atoms with E-state index in [1.54, 1.807) is 6.07 Å². The maximum Gasteiger partial charge on any atom is 0.123 e. The van der Waals surface area contributed by atoms with Gasteiger partial charge in [0, 0.05) is 5.56 Å². The molecule has 0 aliphatic heterocycles. The van der Waals surface area contributed by atoms with Crippen molar-refractivity contribution in [1.29, 1.82) is 0 Å². The predicted octanol–water partition coefficient (Wildman–Crippen LogP) is 7.06. The number of benzene rings is 2. The van der Waals surface area contributed by atoms with E-state index < -0.39 is 7.92 Å². The summed E-state index contributed by atoms with van der Waals surface area (Å²) in [5.41, 5.74) is 3.49. The summed E-state index contributed by atoms with van der Waals surface area (Å²) in [5.74, 6) is 0.364. The molecule has 0 aliphatic carbocycles. The molecule has 0 aromatic heterocycles. The van der Waals surface area contributed by atoms with E-state index in [1.165, 1.54) is 16.4 Å². The van der Waals surface area contributed by atoms with Crippen molar-refractivity contribution >= 4 is 13.2 Å². The quantitative estimate of drug-likeness (QED) is 0.561. The molecule has 0 saturated heterocycles. The molecule has 0 fully saturated rings. The molecule has 142 valence electrons. The molecule has 0 saturated carbocycles. The van der Waals surface area contributed by atoms with Crippen molar-refractivity contribution < 1.29 is 5.11 Å². The third-order valence-corrected chi connectivity index (χ3v) is 8.14. The fraction of sp³-hybridized carbons (Fsp3) is 0.500. The van der Waals surface area contributed by atoms with Gasteiger partial charge in [-0.3, -0.25) is 0 Å². The first-order valence-corrected chi connectivity index (χ1v) is 10.8. The van der Waals surface area contributed by atoms with Gasteiger partial charge in [-0.05, 0) is 38.2 Å². The van der Waals surface area contributed by atoms with Crippen LogP contribution in [-0.4, -0.2) is 15.4 Å². The molecule has 2 aromatic carbocycles. The first kappa shape index (κ1) is 21.0. The smallest absolute Gasteiger partial charge is 0.123 e. The minimum Gasteiger partial charge on any atom is -0.507 e. The Hall–Kier alpha value is -1.33. The van der Waals surface area contributed by atoms with Gasteiger partial charge in [-0.25, -0.2) is 0 Å². The molecule has 0 radical (unpaired) electrons. The number of para-hydroxylation sites is 1. The fourth-order valence-corrected chi connectivity index (χ4v) is 8.21. The van der Waals surface area contributed by atoms with Crippen LogP contribution in [0.3, 0.4) is 0 Å². The van der Waals surface area contributed by atoms with Crippen LogP contribution in [0.2, 0.25) is 0 Å². The minimum absolute atomic E-state index is 0.00436. The summed E-state index contributed by atoms with van der Waals surface area (Å²) < 4.78 is 0. The number of hydrogen-bond donors (Lipinski definition) is 1. The average molecular weight is 371 g/mol. The normalized spacial score (nSPS) is 13.3. The molecule has 0 aliphatic rings. The lowest BCUT2D eigenvalue weighted by Gasteiger charge is -2.43. The molecule has 1 N–H and O–H groups in total. The van der Waals surface area contributed by atoms with Gasteiger partial charge in [0.1, 0.15) is 5.75 Å². The van der Waals surface area contributed by atoms with Gasteiger partial charge in [0.25, 0.3) is 0 Å². The molecule has 2 heteroatoms. The van der Waals surface area contributed by atoms with Crippen LogP contribution in [-0.2, 0) is 5.41 Å². The number of hydrogen-bond acceptors (Lipinski definition) is 1. The van der Waals surface area contributed by atoms with Crippen LogP contribution in [0.1, 0.15) is 67.9 Å². The Labute approximate surface area is 161 Å². The molecular formula is C24H35OP. The van der Waals surface area contributed by atoms with Crippen LogP contribution in [0.15, 0.2) is 42.5 Å². The first-order valence-electron chi connectivity index (χ1n) is 9.47. The van der Waals surface area contributed by atoms with Gasteiger partial charge in [-0.1, -0.05) is 107 Å². The fourth-order valence-electron chi connectivity index (χ4n) is 4.05. The van der Waals surface area contributed by atoms with Gasteiger partial charge < -0.3 is 5.11 Å². The Morgan fingerprint density at radius 3 is 1.69 bits per heavy atom. The molecule has 0 unspecified atom stereocenters. The monoisotopic (exact) mass is 370 g/mol. The summed E-state index contributed by atoms with van der Waals surface area (Å²) in [5, 5.41) is 12.4. The Kier molecular flexibility index (Phi) is 5.65. The van der Waals surface area contributed by atoms with E-state index in [1.807, 2.05) is 12.1 Å². The standard InChI is InChI=1S/C24H35OP/c1-22(2,3)18-14-12-16-20(26(23(4,5)6)24(7,8)9)21(18)17-13-10-11-15-19(17)25/h10-16,25H,1-9H3. The predicted molar refractivity (Wildman–Crippen MR) is 118 cm³/mol. The second kappa shape index (κ2) is 7.01. The van der Waals surface area contributed by atoms with E-state index in [-0.39, 0.29) is 15.7 Å². The van der Waals surface area contributed by atoms with Crippen molar-refractivity contribution in [2.24, 2.45) is 0 Å². The van der Waals surface area contributed by atoms with Gasteiger partial charge in [-0.2, -0.15) is 0 Å². The van der Waals surface area contributed by atoms with Crippen LogP contribution < -0.4 is 5.30 Å². The van der Waals surface area contributed by atoms with Crippen molar-refractivity contribution in [3.63, 3.8) is 0 Å². The molecule has 1 nitrogen and oxygen atoms in total. The SMILES string of the molecule is CC(C)(C)c1cccc(P(C(C)(C)C)C(C)(C)C)c1-c1ccccc1O. The van der Waals surface area contributed by atoms with Crippen LogP contribution in [0.5, 0.6) is 5.75 Å². The van der Waals surface area contributed by atoms with Crippen molar-refractivity contribution in [3.8, 4) is 16.9 Å². The van der Waals surface area contributed by atoms with Gasteiger partial charge in [0.05, 0.1) is 0 Å². The molecule has 0 spiro atoms. The lowest BCUT2D eigenvalue weighted by Crippen LogP contribution is -2.33. The van der Waals surface area contributed by atoms with Crippen LogP contribution >= 0.6 is 7.92 Å². The minimum atomic E-state index is -0.469. The third-order valence-electron chi connectivity index (χ3n) is 4.61. The highest BCUT2D eigenvalue weighted by Gasteiger charge is 2.38. The van der Waals surface area contributed by atoms with E-state index in [4.69, 9.17) is 0 Å². The maximum atomic E-state index is 10.7. The lowest BCUT2D eigenvalue weighted by atomic mass is 9.81. The summed E-state index contributed by atoms with van der Waals surface area (Å²) in [4.78, 5) is 0. The molecule has 0 heterocycles. The molecule has 26 heavy (non-hydrogen) atoms. The van der Waals surface area contributed by atoms with Crippen LogP contribution in [0.4, 0.5) is 0 Å². The van der Waals surface area contributed by atoms with E-state index in [0.29, 0.717) is 5.75 Å². The van der Waals surface area contributed by atoms with Gasteiger partial charge in [-0.15, -0.1) is 0 Å². The Morgan fingerprint density at radius 2 is 1.23 bits per heavy atom. The average Bonchev–Trinajstić information content (AvgIpc) is 2.44. The topological polar surface area (TPSA) is 20.2 Å². The first-order chi connectivity index (χ1) is 11.7. The van der Waals surface area contributed by atoms with E-state index >= 15 is 0 Å². The van der Waals surface area contributed by atoms with E-state index in [9.17, 15) is 5.11 Å². The lowest BCUT2D eigenvalue weighted by molar-refractivity contribution is 0.477. The molecule has 0 bridgehead atoms. The van der Waals surface area contributed by atoms with Gasteiger partial charge >= 0.3 is 0 Å². The Balaban J connectivity index is 2.94. The zero-order valence-electron chi connectivity index (χ0n) is 17.9. The highest BCUT2D eigenvalue weighted by molar-refractivity contribution is 7.68. The number of phenolic OH excluding ortho intramolecular Hbond substituents is 1. The molecule has 2 aromatic rings. The summed E-state index contributed by atoms with van der Waals surface area (Å²) in [6, 6.07) is 14.5. The number of rotatable bonds is 2. The summed E-state index contributed by atoms with van der Waals surface area (Å²) >= 11 is 0. The second-order valence-corrected chi connectivity index (χ2v) is 14.0. The largest absolute Gasteiger partial charge is 0.507 e. The zero-order chi connectivity index (χ0) is 19.9. The highest BCUT2D eigenvalue weighted by Crippen LogP contribution is 2.60. The van der Waals surface area contributed by atoms with Crippen molar-refractivity contribution in [2.75, 3.05) is 0 Å². The van der Waals surface area contributed by atoms with Crippen LogP contribution in [0, 0.1) is 0 Å². The molecule has 0 amide bonds. The summed E-state index contributed by atoms with van der Waals surface area (Å²) in [6.07, 6.45) is 0. The number of aromatic hydroxyl groups is 1. The number of phenols is 1. The van der Waals surface area contributed by atoms with Crippen molar-refractivity contribution in [1.82, 2.24) is 0 Å². The van der Waals surface area contributed by atoms with Gasteiger partial charge in [0.15, 0.2) is 0 Å². The third kappa shape index (κ3) is 4.32. The van der Waals surface area contributed by atoms with Gasteiger partial charge in [0.2, 0.25) is 0 Å². The molecule has 0 atom stereocenters. The van der Waals surface area contributed by atoms with E-state index in [0.717, 1.165) is 5.56 Å². The van der Waals surface area contributed by atoms with Crippen molar-refractivity contribution in [2.45, 2.75) is 78.0 Å². The second-order valence-electron chi connectivity index (χ2n) is 10.1. The Bertz CT molecular complexity index is 756.